The van der Waals surface area contributed by atoms with Crippen molar-refractivity contribution in [2.75, 3.05) is 4.31 Å². The van der Waals surface area contributed by atoms with E-state index in [4.69, 9.17) is 11.6 Å². The van der Waals surface area contributed by atoms with Gasteiger partial charge in [0.05, 0.1) is 10.6 Å². The summed E-state index contributed by atoms with van der Waals surface area (Å²) in [4.78, 5) is 11.4. The number of carboxylic acid groups (broad SMARTS) is 1. The zero-order chi connectivity index (χ0) is 17.2. The molecule has 8 heteroatoms. The smallest absolute Gasteiger partial charge is 0.327 e. The molecule has 0 bridgehead atoms. The number of hydrogen-bond acceptors (Lipinski definition) is 3. The first-order chi connectivity index (χ1) is 10.7. The average Bonchev–Trinajstić information content (AvgIpc) is 2.49. The van der Waals surface area contributed by atoms with Gasteiger partial charge in [-0.1, -0.05) is 11.6 Å². The van der Waals surface area contributed by atoms with E-state index in [2.05, 4.69) is 22.6 Å². The molecule has 0 radical (unpaired) electrons. The van der Waals surface area contributed by atoms with Crippen molar-refractivity contribution in [3.8, 4) is 0 Å². The average molecular weight is 466 g/mol. The van der Waals surface area contributed by atoms with Crippen molar-refractivity contribution < 1.29 is 18.3 Å². The molecule has 1 atom stereocenters. The largest absolute Gasteiger partial charge is 0.480 e. The minimum Gasteiger partial charge on any atom is -0.480 e. The van der Waals surface area contributed by atoms with Gasteiger partial charge in [0.15, 0.2) is 0 Å². The Morgan fingerprint density at radius 1 is 1.13 bits per heavy atom. The third-order valence-electron chi connectivity index (χ3n) is 3.16. The lowest BCUT2D eigenvalue weighted by Gasteiger charge is -2.28. The van der Waals surface area contributed by atoms with Crippen molar-refractivity contribution in [2.24, 2.45) is 0 Å². The highest BCUT2D eigenvalue weighted by Gasteiger charge is 2.33. The van der Waals surface area contributed by atoms with E-state index in [1.165, 1.54) is 31.2 Å². The van der Waals surface area contributed by atoms with Crippen LogP contribution in [0.25, 0.3) is 0 Å². The second-order valence-corrected chi connectivity index (χ2v) is 8.24. The van der Waals surface area contributed by atoms with Gasteiger partial charge in [-0.3, -0.25) is 4.31 Å². The number of carbonyl (C=O) groups is 1. The molecule has 5 nitrogen and oxygen atoms in total. The number of anilines is 1. The second-order valence-electron chi connectivity index (χ2n) is 4.75. The van der Waals surface area contributed by atoms with Gasteiger partial charge in [-0.05, 0) is 78.0 Å². The summed E-state index contributed by atoms with van der Waals surface area (Å²) in [6.45, 7) is 1.33. The van der Waals surface area contributed by atoms with Crippen molar-refractivity contribution in [3.63, 3.8) is 0 Å². The Balaban J connectivity index is 2.58. The van der Waals surface area contributed by atoms with Gasteiger partial charge in [-0.25, -0.2) is 13.2 Å². The number of sulfonamides is 1. The molecule has 0 saturated carbocycles. The fourth-order valence-electron chi connectivity index (χ4n) is 1.98. The van der Waals surface area contributed by atoms with Crippen LogP contribution in [0.15, 0.2) is 53.4 Å². The second kappa shape index (κ2) is 7.06. The van der Waals surface area contributed by atoms with Crippen LogP contribution in [0.1, 0.15) is 6.92 Å². The Morgan fingerprint density at radius 2 is 1.65 bits per heavy atom. The molecule has 2 aromatic carbocycles. The molecule has 23 heavy (non-hydrogen) atoms. The zero-order valence-electron chi connectivity index (χ0n) is 12.0. The summed E-state index contributed by atoms with van der Waals surface area (Å²) >= 11 is 7.87. The van der Waals surface area contributed by atoms with Crippen LogP contribution in [0.5, 0.6) is 0 Å². The summed E-state index contributed by atoms with van der Waals surface area (Å²) in [7, 11) is -4.04. The number of rotatable bonds is 5. The van der Waals surface area contributed by atoms with Crippen LogP contribution < -0.4 is 4.31 Å². The van der Waals surface area contributed by atoms with Gasteiger partial charge < -0.3 is 5.11 Å². The lowest BCUT2D eigenvalue weighted by atomic mass is 10.2. The molecule has 0 saturated heterocycles. The summed E-state index contributed by atoms with van der Waals surface area (Å²) in [6.07, 6.45) is 0. The van der Waals surface area contributed by atoms with Crippen LogP contribution in [-0.4, -0.2) is 25.5 Å². The Bertz CT molecular complexity index is 806. The molecule has 0 fully saturated rings. The quantitative estimate of drug-likeness (QED) is 0.685. The highest BCUT2D eigenvalue weighted by Crippen LogP contribution is 2.27. The van der Waals surface area contributed by atoms with Crippen LogP contribution in [0.3, 0.4) is 0 Å². The molecule has 0 aliphatic rings. The van der Waals surface area contributed by atoms with Gasteiger partial charge in [0, 0.05) is 8.59 Å². The minimum atomic E-state index is -4.04. The fraction of sp³-hybridized carbons (Fsp3) is 0.133. The predicted molar refractivity (Wildman–Crippen MR) is 97.4 cm³/mol. The van der Waals surface area contributed by atoms with E-state index in [0.29, 0.717) is 5.02 Å². The maximum absolute atomic E-state index is 12.9. The summed E-state index contributed by atoms with van der Waals surface area (Å²) in [5.74, 6) is -1.24. The number of hydrogen-bond donors (Lipinski definition) is 1. The van der Waals surface area contributed by atoms with E-state index < -0.39 is 22.0 Å². The zero-order valence-corrected chi connectivity index (χ0v) is 15.7. The van der Waals surface area contributed by atoms with E-state index in [1.807, 2.05) is 0 Å². The first-order valence-electron chi connectivity index (χ1n) is 6.52. The van der Waals surface area contributed by atoms with Crippen LogP contribution >= 0.6 is 34.2 Å². The normalized spacial score (nSPS) is 12.7. The molecule has 0 spiro atoms. The molecular weight excluding hydrogens is 453 g/mol. The van der Waals surface area contributed by atoms with Gasteiger partial charge in [0.2, 0.25) is 0 Å². The summed E-state index contributed by atoms with van der Waals surface area (Å²) < 4.78 is 27.6. The number of benzene rings is 2. The Labute approximate surface area is 153 Å². The summed E-state index contributed by atoms with van der Waals surface area (Å²) in [5.41, 5.74) is 0.287. The number of carboxylic acids is 1. The molecule has 0 heterocycles. The van der Waals surface area contributed by atoms with Crippen molar-refractivity contribution >= 4 is 55.9 Å². The van der Waals surface area contributed by atoms with Crippen molar-refractivity contribution in [2.45, 2.75) is 17.9 Å². The van der Waals surface area contributed by atoms with E-state index in [1.54, 1.807) is 24.3 Å². The monoisotopic (exact) mass is 465 g/mol. The molecule has 0 aliphatic heterocycles. The molecule has 122 valence electrons. The van der Waals surface area contributed by atoms with Crippen molar-refractivity contribution in [1.82, 2.24) is 0 Å². The van der Waals surface area contributed by atoms with E-state index >= 15 is 0 Å². The Morgan fingerprint density at radius 3 is 2.13 bits per heavy atom. The molecular formula is C15H13ClINO4S. The summed E-state index contributed by atoms with van der Waals surface area (Å²) in [6, 6.07) is 10.9. The molecule has 1 N–H and O–H groups in total. The van der Waals surface area contributed by atoms with Gasteiger partial charge in [0.25, 0.3) is 10.0 Å². The number of halogens is 2. The van der Waals surface area contributed by atoms with Crippen LogP contribution in [0.4, 0.5) is 5.69 Å². The molecule has 2 rings (SSSR count). The topological polar surface area (TPSA) is 74.7 Å². The SMILES string of the molecule is CC(C(=O)O)N(c1ccc(I)cc1)S(=O)(=O)c1ccc(Cl)cc1. The minimum absolute atomic E-state index is 0.0199. The number of aliphatic carboxylic acids is 1. The lowest BCUT2D eigenvalue weighted by Crippen LogP contribution is -2.43. The Kier molecular flexibility index (Phi) is 5.53. The van der Waals surface area contributed by atoms with E-state index in [9.17, 15) is 18.3 Å². The van der Waals surface area contributed by atoms with E-state index in [-0.39, 0.29) is 10.6 Å². The lowest BCUT2D eigenvalue weighted by molar-refractivity contribution is -0.137. The fourth-order valence-corrected chi connectivity index (χ4v) is 4.08. The highest BCUT2D eigenvalue weighted by atomic mass is 127. The van der Waals surface area contributed by atoms with E-state index in [0.717, 1.165) is 7.88 Å². The van der Waals surface area contributed by atoms with Gasteiger partial charge in [-0.15, -0.1) is 0 Å². The summed E-state index contributed by atoms with van der Waals surface area (Å²) in [5, 5.41) is 9.69. The van der Waals surface area contributed by atoms with Crippen molar-refractivity contribution in [1.29, 1.82) is 0 Å². The van der Waals surface area contributed by atoms with Gasteiger partial charge in [0.1, 0.15) is 6.04 Å². The van der Waals surface area contributed by atoms with Gasteiger partial charge in [-0.2, -0.15) is 0 Å². The van der Waals surface area contributed by atoms with Crippen LogP contribution in [0.2, 0.25) is 5.02 Å². The standard InChI is InChI=1S/C15H13ClINO4S/c1-10(15(19)20)18(13-6-4-12(17)5-7-13)23(21,22)14-8-2-11(16)3-9-14/h2-10H,1H3,(H,19,20). The Hall–Kier alpha value is -1.32. The van der Waals surface area contributed by atoms with Gasteiger partial charge >= 0.3 is 5.97 Å². The predicted octanol–water partition coefficient (Wildman–Crippen LogP) is 3.61. The number of nitrogens with zero attached hydrogens (tertiary/aromatic N) is 1. The molecule has 1 unspecified atom stereocenters. The maximum atomic E-state index is 12.9. The molecule has 0 aromatic heterocycles. The maximum Gasteiger partial charge on any atom is 0.327 e. The first-order valence-corrected chi connectivity index (χ1v) is 9.41. The van der Waals surface area contributed by atoms with Crippen LogP contribution in [0, 0.1) is 3.57 Å². The third-order valence-corrected chi connectivity index (χ3v) is 6.04. The molecule has 2 aromatic rings. The third kappa shape index (κ3) is 3.96. The molecule has 0 aliphatic carbocycles. The molecule has 0 amide bonds. The van der Waals surface area contributed by atoms with Crippen LogP contribution in [-0.2, 0) is 14.8 Å². The highest BCUT2D eigenvalue weighted by molar-refractivity contribution is 14.1. The first kappa shape index (κ1) is 18.0. The van der Waals surface area contributed by atoms with Crippen molar-refractivity contribution in [3.05, 3.63) is 57.1 Å².